The third-order valence-electron chi connectivity index (χ3n) is 5.87. The number of likely N-dealkylation sites (tertiary alicyclic amines) is 1. The molecule has 0 N–H and O–H groups in total. The Balaban J connectivity index is 1.44. The van der Waals surface area contributed by atoms with Gasteiger partial charge in [0.25, 0.3) is 5.91 Å². The van der Waals surface area contributed by atoms with E-state index in [9.17, 15) is 4.79 Å². The lowest BCUT2D eigenvalue weighted by atomic mass is 9.96. The van der Waals surface area contributed by atoms with Crippen LogP contribution >= 0.6 is 27.7 Å². The molecule has 5 rings (SSSR count). The second-order valence-electron chi connectivity index (χ2n) is 7.60. The van der Waals surface area contributed by atoms with Crippen molar-refractivity contribution in [3.8, 4) is 0 Å². The fraction of sp³-hybridized carbons (Fsp3) is 0.550. The van der Waals surface area contributed by atoms with Gasteiger partial charge in [-0.1, -0.05) is 46.7 Å². The fourth-order valence-corrected chi connectivity index (χ4v) is 6.08. The van der Waals surface area contributed by atoms with Gasteiger partial charge in [-0.3, -0.25) is 9.69 Å². The summed E-state index contributed by atoms with van der Waals surface area (Å²) in [5, 5.41) is 4.83. The molecule has 2 saturated heterocycles. The summed E-state index contributed by atoms with van der Waals surface area (Å²) >= 11 is 5.11. The minimum Gasteiger partial charge on any atom is -0.347 e. The molecule has 154 valence electrons. The van der Waals surface area contributed by atoms with Gasteiger partial charge in [-0.25, -0.2) is 4.98 Å². The smallest absolute Gasteiger partial charge is 0.264 e. The summed E-state index contributed by atoms with van der Waals surface area (Å²) in [4.78, 5) is 20.2. The predicted molar refractivity (Wildman–Crippen MR) is 112 cm³/mol. The fourth-order valence-electron chi connectivity index (χ4n) is 4.39. The Kier molecular flexibility index (Phi) is 5.28. The number of benzene rings is 1. The van der Waals surface area contributed by atoms with Gasteiger partial charge < -0.3 is 9.47 Å². The van der Waals surface area contributed by atoms with Gasteiger partial charge in [0.05, 0.1) is 19.3 Å². The molecule has 29 heavy (non-hydrogen) atoms. The Morgan fingerprint density at radius 1 is 1.31 bits per heavy atom. The summed E-state index contributed by atoms with van der Waals surface area (Å²) in [5.74, 6) is 0.292. The first-order valence-electron chi connectivity index (χ1n) is 10.0. The van der Waals surface area contributed by atoms with Crippen molar-refractivity contribution in [2.24, 2.45) is 0 Å². The van der Waals surface area contributed by atoms with Crippen LogP contribution in [0.3, 0.4) is 0 Å². The molecule has 0 bridgehead atoms. The Morgan fingerprint density at radius 2 is 2.07 bits per heavy atom. The average Bonchev–Trinajstić information content (AvgIpc) is 3.42. The molecule has 9 heteroatoms. The zero-order chi connectivity index (χ0) is 20.0. The Labute approximate surface area is 182 Å². The van der Waals surface area contributed by atoms with Gasteiger partial charge >= 0.3 is 0 Å². The highest BCUT2D eigenvalue weighted by molar-refractivity contribution is 9.10. The normalized spacial score (nSPS) is 24.9. The van der Waals surface area contributed by atoms with E-state index < -0.39 is 5.79 Å². The number of aromatic nitrogens is 3. The van der Waals surface area contributed by atoms with E-state index in [2.05, 4.69) is 43.0 Å². The molecule has 3 aliphatic heterocycles. The van der Waals surface area contributed by atoms with E-state index in [4.69, 9.17) is 9.47 Å². The third kappa shape index (κ3) is 3.57. The van der Waals surface area contributed by atoms with Crippen LogP contribution in [0.4, 0.5) is 0 Å². The van der Waals surface area contributed by atoms with Gasteiger partial charge in [0.1, 0.15) is 5.25 Å². The maximum Gasteiger partial charge on any atom is 0.264 e. The summed E-state index contributed by atoms with van der Waals surface area (Å²) in [5.41, 5.74) is 1.12. The van der Waals surface area contributed by atoms with E-state index in [1.165, 1.54) is 16.4 Å². The largest absolute Gasteiger partial charge is 0.347 e. The Morgan fingerprint density at radius 3 is 2.72 bits per heavy atom. The first kappa shape index (κ1) is 19.7. The molecule has 1 aromatic heterocycles. The number of hydrogen-bond donors (Lipinski definition) is 0. The minimum absolute atomic E-state index is 0.0100. The van der Waals surface area contributed by atoms with E-state index in [1.807, 2.05) is 19.1 Å². The molecule has 0 radical (unpaired) electrons. The van der Waals surface area contributed by atoms with Crippen LogP contribution in [0.5, 0.6) is 0 Å². The second kappa shape index (κ2) is 7.77. The predicted octanol–water partition coefficient (Wildman–Crippen LogP) is 3.30. The highest BCUT2D eigenvalue weighted by Gasteiger charge is 2.47. The lowest BCUT2D eigenvalue weighted by molar-refractivity contribution is -0.187. The van der Waals surface area contributed by atoms with Gasteiger partial charge in [0, 0.05) is 36.8 Å². The third-order valence-corrected chi connectivity index (χ3v) is 7.55. The number of ether oxygens (including phenoxy) is 2. The highest BCUT2D eigenvalue weighted by atomic mass is 79.9. The second-order valence-corrected chi connectivity index (χ2v) is 9.62. The number of carbonyl (C=O) groups excluding carboxylic acids is 1. The van der Waals surface area contributed by atoms with Crippen LogP contribution in [0.25, 0.3) is 0 Å². The van der Waals surface area contributed by atoms with Crippen molar-refractivity contribution in [1.82, 2.24) is 19.7 Å². The molecular formula is C20H23BrN4O3S. The number of nitrogens with zero attached hydrogens (tertiary/aromatic N) is 4. The molecule has 3 aliphatic rings. The molecule has 4 heterocycles. The van der Waals surface area contributed by atoms with Crippen molar-refractivity contribution in [1.29, 1.82) is 0 Å². The number of carbonyl (C=O) groups is 1. The van der Waals surface area contributed by atoms with Gasteiger partial charge in [-0.2, -0.15) is 4.68 Å². The van der Waals surface area contributed by atoms with Crippen LogP contribution < -0.4 is 0 Å². The van der Waals surface area contributed by atoms with Crippen LogP contribution in [0.1, 0.15) is 42.0 Å². The number of thioether (sulfide) groups is 1. The van der Waals surface area contributed by atoms with Crippen molar-refractivity contribution >= 4 is 33.6 Å². The Bertz CT molecular complexity index is 920. The zero-order valence-corrected chi connectivity index (χ0v) is 18.6. The van der Waals surface area contributed by atoms with E-state index >= 15 is 0 Å². The average molecular weight is 479 g/mol. The van der Waals surface area contributed by atoms with E-state index in [-0.39, 0.29) is 17.2 Å². The lowest BCUT2D eigenvalue weighted by Crippen LogP contribution is -2.49. The number of hydrogen-bond acceptors (Lipinski definition) is 7. The van der Waals surface area contributed by atoms with Crippen molar-refractivity contribution in [3.05, 3.63) is 40.1 Å². The standard InChI is InChI=1S/C20H23BrN4O3S/c1-2-15-22-19-25(23-15)18(26)17(29-19)16(13-4-3-5-14(21)12-13)24-8-6-20(7-9-24)27-10-11-28-20/h3-5,12,16-17H,2,6-11H2,1H3. The van der Waals surface area contributed by atoms with Gasteiger partial charge in [-0.15, -0.1) is 5.10 Å². The number of rotatable bonds is 4. The number of piperidine rings is 1. The van der Waals surface area contributed by atoms with E-state index in [0.29, 0.717) is 24.2 Å². The van der Waals surface area contributed by atoms with Crippen molar-refractivity contribution in [3.63, 3.8) is 0 Å². The highest BCUT2D eigenvalue weighted by Crippen LogP contribution is 2.43. The molecule has 7 nitrogen and oxygen atoms in total. The van der Waals surface area contributed by atoms with Crippen LogP contribution in [-0.4, -0.2) is 62.9 Å². The van der Waals surface area contributed by atoms with Crippen LogP contribution in [0, 0.1) is 0 Å². The van der Waals surface area contributed by atoms with Gasteiger partial charge in [0.2, 0.25) is 0 Å². The van der Waals surface area contributed by atoms with Crippen LogP contribution in [-0.2, 0) is 15.9 Å². The SMILES string of the molecule is CCc1nc2n(n1)C(=O)C(C(c1cccc(Br)c1)N1CCC3(CC1)OCCO3)S2. The monoisotopic (exact) mass is 478 g/mol. The molecule has 2 atom stereocenters. The number of aryl methyl sites for hydroxylation is 1. The lowest BCUT2D eigenvalue weighted by Gasteiger charge is -2.42. The van der Waals surface area contributed by atoms with Crippen LogP contribution in [0.15, 0.2) is 33.9 Å². The quantitative estimate of drug-likeness (QED) is 0.667. The van der Waals surface area contributed by atoms with Crippen LogP contribution in [0.2, 0.25) is 0 Å². The summed E-state index contributed by atoms with van der Waals surface area (Å²) in [7, 11) is 0. The Hall–Kier alpha value is -1.26. The van der Waals surface area contributed by atoms with Crippen molar-refractivity contribution < 1.29 is 14.3 Å². The molecule has 1 spiro atoms. The number of halogens is 1. The summed E-state index contributed by atoms with van der Waals surface area (Å²) < 4.78 is 14.3. The summed E-state index contributed by atoms with van der Waals surface area (Å²) in [6.45, 7) is 4.96. The zero-order valence-electron chi connectivity index (χ0n) is 16.2. The van der Waals surface area contributed by atoms with E-state index in [0.717, 1.165) is 42.4 Å². The first-order chi connectivity index (χ1) is 14.1. The number of fused-ring (bicyclic) bond motifs is 1. The molecule has 2 fully saturated rings. The molecule has 0 amide bonds. The molecular weight excluding hydrogens is 456 g/mol. The maximum atomic E-state index is 13.3. The molecule has 0 aliphatic carbocycles. The minimum atomic E-state index is -0.435. The molecule has 2 unspecified atom stereocenters. The first-order valence-corrected chi connectivity index (χ1v) is 11.7. The van der Waals surface area contributed by atoms with Gasteiger partial charge in [0.15, 0.2) is 16.8 Å². The summed E-state index contributed by atoms with van der Waals surface area (Å²) in [6, 6.07) is 8.18. The topological polar surface area (TPSA) is 69.5 Å². The van der Waals surface area contributed by atoms with Crippen molar-refractivity contribution in [2.75, 3.05) is 26.3 Å². The molecule has 2 aromatic rings. The molecule has 1 aromatic carbocycles. The summed E-state index contributed by atoms with van der Waals surface area (Å²) in [6.07, 6.45) is 2.35. The van der Waals surface area contributed by atoms with E-state index in [1.54, 1.807) is 0 Å². The van der Waals surface area contributed by atoms with Gasteiger partial charge in [-0.05, 0) is 17.7 Å². The van der Waals surface area contributed by atoms with Crippen molar-refractivity contribution in [2.45, 2.75) is 48.4 Å². The molecule has 0 saturated carbocycles. The maximum absolute atomic E-state index is 13.3.